The van der Waals surface area contributed by atoms with Crippen LogP contribution in [-0.4, -0.2) is 157 Å². The molecule has 0 radical (unpaired) electrons. The average molecular weight is 1080 g/mol. The minimum absolute atomic E-state index is 0.0902. The number of guanidine groups is 1. The number of carbonyl (C=O) groups is 9. The molecule has 422 valence electrons. The van der Waals surface area contributed by atoms with Gasteiger partial charge in [-0.1, -0.05) is 52.0 Å². The van der Waals surface area contributed by atoms with Crippen LogP contribution in [0.4, 0.5) is 0 Å². The highest BCUT2D eigenvalue weighted by molar-refractivity contribution is 5.98. The van der Waals surface area contributed by atoms with E-state index in [9.17, 15) is 63.6 Å². The summed E-state index contributed by atoms with van der Waals surface area (Å²) in [6.45, 7) is 8.66. The van der Waals surface area contributed by atoms with Crippen LogP contribution in [0.3, 0.4) is 0 Å². The van der Waals surface area contributed by atoms with E-state index in [4.69, 9.17) is 17.2 Å². The number of hydrogen-bond acceptors (Lipinski definition) is 15. The molecular weight excluding hydrogens is 1000 g/mol. The highest BCUT2D eigenvalue weighted by atomic mass is 16.4. The van der Waals surface area contributed by atoms with Gasteiger partial charge in [0.25, 0.3) is 0 Å². The van der Waals surface area contributed by atoms with Gasteiger partial charge in [-0.25, -0.2) is 4.98 Å². The van der Waals surface area contributed by atoms with Crippen molar-refractivity contribution < 1.29 is 63.6 Å². The molecule has 1 aromatic heterocycles. The number of carbonyl (C=O) groups excluding carboxylic acids is 8. The molecule has 0 saturated carbocycles. The Morgan fingerprint density at radius 2 is 1.04 bits per heavy atom. The van der Waals surface area contributed by atoms with Crippen LogP contribution >= 0.6 is 0 Å². The Morgan fingerprint density at radius 3 is 1.53 bits per heavy atom. The number of hydrogen-bond donors (Lipinski definition) is 16. The molecule has 27 nitrogen and oxygen atoms in total. The molecule has 3 rings (SSSR count). The number of phenolic OH excluding ortho intramolecular Hbond substituents is 2. The van der Waals surface area contributed by atoms with Gasteiger partial charge in [0.1, 0.15) is 59.8 Å². The normalized spacial score (nSPS) is 14.6. The number of carboxylic acid groups (broad SMARTS) is 1. The smallest absolute Gasteiger partial charge is 0.325 e. The zero-order valence-corrected chi connectivity index (χ0v) is 43.9. The molecule has 77 heavy (non-hydrogen) atoms. The fourth-order valence-electron chi connectivity index (χ4n) is 7.45. The number of nitrogens with one attached hydrogen (secondary N) is 9. The predicted molar refractivity (Wildman–Crippen MR) is 280 cm³/mol. The lowest BCUT2D eigenvalue weighted by Gasteiger charge is -2.29. The highest BCUT2D eigenvalue weighted by Gasteiger charge is 2.35. The maximum Gasteiger partial charge on any atom is 0.325 e. The lowest BCUT2D eigenvalue weighted by Crippen LogP contribution is -2.61. The fraction of sp³-hybridized carbons (Fsp3) is 0.500. The lowest BCUT2D eigenvalue weighted by molar-refractivity contribution is -0.142. The van der Waals surface area contributed by atoms with Crippen molar-refractivity contribution >= 4 is 59.2 Å². The molecule has 0 aliphatic heterocycles. The third-order valence-electron chi connectivity index (χ3n) is 11.8. The first kappa shape index (κ1) is 63.0. The molecule has 0 fully saturated rings. The van der Waals surface area contributed by atoms with Crippen LogP contribution in [0.15, 0.2) is 66.0 Å². The van der Waals surface area contributed by atoms with E-state index in [-0.39, 0.29) is 62.0 Å². The van der Waals surface area contributed by atoms with E-state index < -0.39 is 120 Å². The minimum atomic E-state index is -1.64. The summed E-state index contributed by atoms with van der Waals surface area (Å²) < 4.78 is 0. The molecule has 1 heterocycles. The predicted octanol–water partition coefficient (Wildman–Crippen LogP) is -3.07. The van der Waals surface area contributed by atoms with Gasteiger partial charge in [0.2, 0.25) is 47.3 Å². The number of aromatic hydroxyl groups is 2. The van der Waals surface area contributed by atoms with Crippen molar-refractivity contribution in [3.05, 3.63) is 77.9 Å². The van der Waals surface area contributed by atoms with Crippen LogP contribution in [-0.2, 0) is 62.4 Å². The summed E-state index contributed by atoms with van der Waals surface area (Å²) in [6, 6.07) is -0.938. The third kappa shape index (κ3) is 21.8. The van der Waals surface area contributed by atoms with Crippen LogP contribution in [0.2, 0.25) is 0 Å². The molecule has 8 amide bonds. The largest absolute Gasteiger partial charge is 0.508 e. The number of imidazole rings is 1. The van der Waals surface area contributed by atoms with Gasteiger partial charge in [-0.15, -0.1) is 0 Å². The van der Waals surface area contributed by atoms with E-state index in [1.807, 2.05) is 13.8 Å². The number of benzene rings is 2. The topological polar surface area (TPSA) is 450 Å². The molecule has 0 aliphatic carbocycles. The monoisotopic (exact) mass is 1080 g/mol. The number of carboxylic acids is 1. The van der Waals surface area contributed by atoms with Crippen LogP contribution in [0.5, 0.6) is 11.5 Å². The second-order valence-electron chi connectivity index (χ2n) is 19.2. The Kier molecular flexibility index (Phi) is 25.3. The van der Waals surface area contributed by atoms with Crippen LogP contribution in [0, 0.1) is 11.8 Å². The fourth-order valence-corrected chi connectivity index (χ4v) is 7.45. The number of aliphatic carboxylic acids is 1. The number of aliphatic hydroxyl groups excluding tert-OH is 1. The molecule has 3 aromatic rings. The third-order valence-corrected chi connectivity index (χ3v) is 11.8. The average Bonchev–Trinajstić information content (AvgIpc) is 3.89. The van der Waals surface area contributed by atoms with E-state index in [1.165, 1.54) is 74.9 Å². The molecule has 9 atom stereocenters. The van der Waals surface area contributed by atoms with Gasteiger partial charge in [0.15, 0.2) is 5.96 Å². The molecule has 0 bridgehead atoms. The van der Waals surface area contributed by atoms with Gasteiger partial charge in [0.05, 0.1) is 19.0 Å². The lowest BCUT2D eigenvalue weighted by atomic mass is 9.99. The Labute approximate surface area is 445 Å². The summed E-state index contributed by atoms with van der Waals surface area (Å²) in [5, 5.41) is 59.2. The molecule has 27 heteroatoms. The van der Waals surface area contributed by atoms with E-state index in [0.717, 1.165) is 0 Å². The first-order valence-corrected chi connectivity index (χ1v) is 24.9. The Morgan fingerprint density at radius 1 is 0.584 bits per heavy atom. The summed E-state index contributed by atoms with van der Waals surface area (Å²) >= 11 is 0. The number of aromatic nitrogens is 2. The van der Waals surface area contributed by atoms with Gasteiger partial charge in [0, 0.05) is 37.7 Å². The quantitative estimate of drug-likeness (QED) is 0.0173. The summed E-state index contributed by atoms with van der Waals surface area (Å²) in [7, 11) is 0. The number of aromatic amines is 1. The number of nitrogens with two attached hydrogens (primary N) is 3. The Hall–Kier alpha value is -8.33. The number of nitrogens with zero attached hydrogens (tertiary/aromatic N) is 2. The van der Waals surface area contributed by atoms with Gasteiger partial charge in [-0.3, -0.25) is 48.1 Å². The van der Waals surface area contributed by atoms with E-state index in [2.05, 4.69) is 57.5 Å². The molecule has 0 aliphatic rings. The van der Waals surface area contributed by atoms with E-state index in [0.29, 0.717) is 23.2 Å². The molecule has 0 saturated heterocycles. The maximum absolute atomic E-state index is 14.3. The van der Waals surface area contributed by atoms with Crippen molar-refractivity contribution in [2.75, 3.05) is 13.2 Å². The van der Waals surface area contributed by atoms with Crippen LogP contribution in [0.25, 0.3) is 0 Å². The Balaban J connectivity index is 1.87. The molecule has 0 spiro atoms. The SMILES string of the molecule is CC(C)C[C@H](NC(=O)[C@@H](N)CCCN=C(N)N)C(=O)N[C@@H](Cc1cnc[nH]1)C(=O)N[C@H](C(=O)N[C@@H](Cc1ccc(O)cc1)C(=O)N[C@@H](C)C(=O)N[C@@H](Cc1ccc(O)cc1)C(=O)N[C@@H](CO)C(=O)N[C@@H](C)C(=O)O)C(C)C. The van der Waals surface area contributed by atoms with Gasteiger partial charge < -0.3 is 85.1 Å². The van der Waals surface area contributed by atoms with Crippen molar-refractivity contribution in [2.24, 2.45) is 34.0 Å². The zero-order valence-electron chi connectivity index (χ0n) is 43.9. The summed E-state index contributed by atoms with van der Waals surface area (Å²) in [6.07, 6.45) is 2.98. The summed E-state index contributed by atoms with van der Waals surface area (Å²) in [5.74, 6) is -9.26. The highest BCUT2D eigenvalue weighted by Crippen LogP contribution is 2.15. The first-order valence-electron chi connectivity index (χ1n) is 24.9. The van der Waals surface area contributed by atoms with Crippen molar-refractivity contribution in [3.8, 4) is 11.5 Å². The van der Waals surface area contributed by atoms with Crippen LogP contribution < -0.4 is 59.7 Å². The summed E-state index contributed by atoms with van der Waals surface area (Å²) in [5.41, 5.74) is 18.2. The van der Waals surface area contributed by atoms with Crippen molar-refractivity contribution in [2.45, 2.75) is 134 Å². The summed E-state index contributed by atoms with van der Waals surface area (Å²) in [4.78, 5) is 132. The maximum atomic E-state index is 14.3. The number of aliphatic hydroxyl groups is 1. The standard InChI is InChI=1S/C50H74N14O13/c1-25(2)18-35(60-42(69)34(51)8-7-17-55-50(52)53)44(71)61-38(21-31-22-54-24-56-31)46(73)64-40(26(3)4)48(75)62-36(19-29-9-13-32(66)14-10-29)43(70)57-27(5)41(68)59-37(20-30-11-15-33(67)16-12-30)45(72)63-39(23-65)47(74)58-28(6)49(76)77/h9-16,22,24-28,34-40,65-67H,7-8,17-21,23,51H2,1-6H3,(H,54,56)(H,57,70)(H,58,74)(H,59,68)(H,60,69)(H,61,71)(H,62,75)(H,63,72)(H,64,73)(H,76,77)(H4,52,53,55)/t27-,28-,34-,35-,36-,37-,38-,39-,40-/m0/s1. The zero-order chi connectivity index (χ0) is 57.5. The van der Waals surface area contributed by atoms with Crippen molar-refractivity contribution in [1.29, 1.82) is 0 Å². The first-order chi connectivity index (χ1) is 36.3. The van der Waals surface area contributed by atoms with Crippen LogP contribution in [0.1, 0.15) is 77.6 Å². The van der Waals surface area contributed by atoms with E-state index in [1.54, 1.807) is 13.8 Å². The molecular formula is C50H74N14O13. The molecule has 19 N–H and O–H groups in total. The molecule has 0 unspecified atom stereocenters. The number of aliphatic imine (C=N–C) groups is 1. The number of rotatable bonds is 31. The number of H-pyrrole nitrogens is 1. The Bertz CT molecular complexity index is 2490. The van der Waals surface area contributed by atoms with Crippen molar-refractivity contribution in [3.63, 3.8) is 0 Å². The second kappa shape index (κ2) is 30.9. The van der Waals surface area contributed by atoms with Crippen molar-refractivity contribution in [1.82, 2.24) is 52.5 Å². The second-order valence-corrected chi connectivity index (χ2v) is 19.2. The number of phenols is 2. The van der Waals surface area contributed by atoms with Gasteiger partial charge in [-0.2, -0.15) is 0 Å². The molecule has 2 aromatic carbocycles. The van der Waals surface area contributed by atoms with Gasteiger partial charge >= 0.3 is 5.97 Å². The van der Waals surface area contributed by atoms with Gasteiger partial charge in [-0.05, 0) is 80.3 Å². The van der Waals surface area contributed by atoms with E-state index >= 15 is 0 Å². The number of amides is 8. The minimum Gasteiger partial charge on any atom is -0.508 e.